The fraction of sp³-hybridized carbons (Fsp3) is 0.407. The Bertz CT molecular complexity index is 1260. The number of furan rings is 1. The minimum Gasteiger partial charge on any atom is -0.455 e. The monoisotopic (exact) mass is 522 g/mol. The van der Waals surface area contributed by atoms with Crippen LogP contribution < -0.4 is 21.1 Å². The number of carbonyl (C=O) groups is 3. The van der Waals surface area contributed by atoms with Crippen LogP contribution in [-0.2, 0) is 12.8 Å². The van der Waals surface area contributed by atoms with Crippen LogP contribution in [0.3, 0.4) is 0 Å². The number of aromatic nitrogens is 2. The third-order valence-electron chi connectivity index (χ3n) is 6.47. The second-order valence-corrected chi connectivity index (χ2v) is 9.58. The summed E-state index contributed by atoms with van der Waals surface area (Å²) >= 11 is 0. The number of rotatable bonds is 9. The second-order valence-electron chi connectivity index (χ2n) is 9.58. The molecule has 1 aliphatic heterocycles. The maximum Gasteiger partial charge on any atom is 0.411 e. The molecule has 4 amide bonds. The molecule has 202 valence electrons. The van der Waals surface area contributed by atoms with Gasteiger partial charge < -0.3 is 30.1 Å². The molecule has 0 spiro atoms. The smallest absolute Gasteiger partial charge is 0.411 e. The van der Waals surface area contributed by atoms with Crippen molar-refractivity contribution in [2.75, 3.05) is 23.7 Å². The summed E-state index contributed by atoms with van der Waals surface area (Å²) < 4.78 is 10.7. The summed E-state index contributed by atoms with van der Waals surface area (Å²) in [4.78, 5) is 45.7. The van der Waals surface area contributed by atoms with E-state index in [2.05, 4.69) is 34.4 Å². The number of aryl methyl sites for hydroxylation is 1. The van der Waals surface area contributed by atoms with Crippen molar-refractivity contribution in [1.82, 2.24) is 14.9 Å². The highest BCUT2D eigenvalue weighted by molar-refractivity contribution is 6.00. The molecule has 0 bridgehead atoms. The van der Waals surface area contributed by atoms with Gasteiger partial charge in [-0.15, -0.1) is 0 Å². The maximum atomic E-state index is 12.8. The van der Waals surface area contributed by atoms with Gasteiger partial charge in [0.15, 0.2) is 11.6 Å². The molecule has 0 unspecified atom stereocenters. The lowest BCUT2D eigenvalue weighted by Gasteiger charge is -2.29. The van der Waals surface area contributed by atoms with E-state index in [1.807, 2.05) is 24.3 Å². The first kappa shape index (κ1) is 26.8. The molecule has 0 saturated carbocycles. The van der Waals surface area contributed by atoms with Crippen LogP contribution in [-0.4, -0.2) is 46.0 Å². The van der Waals surface area contributed by atoms with Crippen LogP contribution >= 0.6 is 0 Å². The second kappa shape index (κ2) is 12.3. The highest BCUT2D eigenvalue weighted by Crippen LogP contribution is 2.25. The van der Waals surface area contributed by atoms with E-state index in [-0.39, 0.29) is 29.8 Å². The lowest BCUT2D eigenvalue weighted by Crippen LogP contribution is -2.37. The Morgan fingerprint density at radius 3 is 2.55 bits per heavy atom. The average Bonchev–Trinajstić information content (AvgIpc) is 3.50. The van der Waals surface area contributed by atoms with Crippen LogP contribution in [0.2, 0.25) is 0 Å². The van der Waals surface area contributed by atoms with Crippen molar-refractivity contribution in [1.29, 1.82) is 0 Å². The third-order valence-corrected chi connectivity index (χ3v) is 6.47. The van der Waals surface area contributed by atoms with Gasteiger partial charge in [0.25, 0.3) is 11.8 Å². The van der Waals surface area contributed by atoms with Crippen LogP contribution in [0.25, 0.3) is 0 Å². The molecule has 2 aromatic heterocycles. The number of piperidine rings is 1. The topological polar surface area (TPSA) is 156 Å². The number of amides is 4. The fourth-order valence-electron chi connectivity index (χ4n) is 4.27. The third kappa shape index (κ3) is 7.15. The lowest BCUT2D eigenvalue weighted by molar-refractivity contribution is 0.0663. The molecule has 11 heteroatoms. The largest absolute Gasteiger partial charge is 0.455 e. The predicted molar refractivity (Wildman–Crippen MR) is 142 cm³/mol. The molecule has 1 saturated heterocycles. The Morgan fingerprint density at radius 2 is 1.87 bits per heavy atom. The zero-order valence-corrected chi connectivity index (χ0v) is 21.7. The molecule has 3 heterocycles. The number of aromatic amines is 1. The maximum absolute atomic E-state index is 12.8. The minimum atomic E-state index is -1.07. The highest BCUT2D eigenvalue weighted by atomic mass is 16.6. The summed E-state index contributed by atoms with van der Waals surface area (Å²) in [5.41, 5.74) is 6.97. The van der Waals surface area contributed by atoms with E-state index in [1.54, 1.807) is 17.0 Å². The molecule has 5 N–H and O–H groups in total. The zero-order chi connectivity index (χ0) is 27.1. The molecule has 1 aliphatic rings. The summed E-state index contributed by atoms with van der Waals surface area (Å²) in [5.74, 6) is 1.44. The molecule has 3 aromatic rings. The fourth-order valence-corrected chi connectivity index (χ4v) is 4.27. The summed E-state index contributed by atoms with van der Waals surface area (Å²) in [6, 6.07) is 10.4. The molecule has 38 heavy (non-hydrogen) atoms. The first-order valence-corrected chi connectivity index (χ1v) is 12.9. The highest BCUT2D eigenvalue weighted by Gasteiger charge is 2.24. The van der Waals surface area contributed by atoms with E-state index in [4.69, 9.17) is 14.9 Å². The molecular weight excluding hydrogens is 488 g/mol. The molecule has 1 aromatic carbocycles. The number of urea groups is 1. The molecule has 11 nitrogen and oxygen atoms in total. The summed E-state index contributed by atoms with van der Waals surface area (Å²) in [6.07, 6.45) is 4.24. The zero-order valence-electron chi connectivity index (χ0n) is 21.7. The van der Waals surface area contributed by atoms with Gasteiger partial charge in [-0.25, -0.2) is 9.59 Å². The number of H-pyrrole nitrogens is 1. The lowest BCUT2D eigenvalue weighted by atomic mass is 9.99. The van der Waals surface area contributed by atoms with Gasteiger partial charge in [-0.05, 0) is 61.4 Å². The van der Waals surface area contributed by atoms with Crippen molar-refractivity contribution >= 4 is 29.5 Å². The van der Waals surface area contributed by atoms with Crippen LogP contribution in [0.4, 0.5) is 21.1 Å². The van der Waals surface area contributed by atoms with Crippen molar-refractivity contribution in [2.45, 2.75) is 52.4 Å². The van der Waals surface area contributed by atoms with Gasteiger partial charge in [-0.3, -0.25) is 10.1 Å². The normalized spacial score (nSPS) is 13.8. The predicted octanol–water partition coefficient (Wildman–Crippen LogP) is 4.91. The standard InChI is InChI=1S/C27H34N6O5/c1-3-4-5-18-6-8-19(9-7-18)29-27(36)32-23-24(38-26(28)35)31-22(30-23)16-20-10-11-21(37-20)25(34)33-14-12-17(2)13-15-33/h6-11,17H,3-5,12-16H2,1-2H3,(H2,28,35)(H,30,31)(H2,29,32,36). The SMILES string of the molecule is CCCCc1ccc(NC(=O)Nc2[nH]c(Cc3ccc(C(=O)N4CCC(C)CC4)o3)nc2OC(N)=O)cc1. The van der Waals surface area contributed by atoms with Gasteiger partial charge in [-0.2, -0.15) is 4.98 Å². The number of carbonyl (C=O) groups excluding carboxylic acids is 3. The van der Waals surface area contributed by atoms with Crippen molar-refractivity contribution < 1.29 is 23.5 Å². The number of benzene rings is 1. The van der Waals surface area contributed by atoms with E-state index in [0.29, 0.717) is 36.3 Å². The number of primary amides is 1. The Kier molecular flexibility index (Phi) is 8.67. The molecule has 1 fully saturated rings. The van der Waals surface area contributed by atoms with E-state index < -0.39 is 12.1 Å². The van der Waals surface area contributed by atoms with Crippen molar-refractivity contribution in [3.63, 3.8) is 0 Å². The molecular formula is C27H34N6O5. The van der Waals surface area contributed by atoms with Crippen molar-refractivity contribution in [2.24, 2.45) is 11.7 Å². The number of imidazole rings is 1. The number of ether oxygens (including phenoxy) is 1. The molecule has 0 aliphatic carbocycles. The molecule has 0 radical (unpaired) electrons. The van der Waals surface area contributed by atoms with Crippen LogP contribution in [0.5, 0.6) is 5.88 Å². The average molecular weight is 523 g/mol. The van der Waals surface area contributed by atoms with Crippen molar-refractivity contribution in [3.05, 3.63) is 59.3 Å². The van der Waals surface area contributed by atoms with Crippen LogP contribution in [0.1, 0.15) is 67.2 Å². The Hall–Kier alpha value is -4.28. The van der Waals surface area contributed by atoms with E-state index in [1.165, 1.54) is 5.56 Å². The first-order chi connectivity index (χ1) is 18.3. The quantitative estimate of drug-likeness (QED) is 0.313. The molecule has 4 rings (SSSR count). The number of nitrogens with two attached hydrogens (primary N) is 1. The van der Waals surface area contributed by atoms with Gasteiger partial charge in [0.2, 0.25) is 0 Å². The van der Waals surface area contributed by atoms with Gasteiger partial charge >= 0.3 is 12.1 Å². The number of anilines is 2. The summed E-state index contributed by atoms with van der Waals surface area (Å²) in [6.45, 7) is 5.75. The van der Waals surface area contributed by atoms with E-state index >= 15 is 0 Å². The number of hydrogen-bond donors (Lipinski definition) is 4. The number of unbranched alkanes of at least 4 members (excludes halogenated alkanes) is 1. The minimum absolute atomic E-state index is 0.0566. The Balaban J connectivity index is 1.40. The van der Waals surface area contributed by atoms with Gasteiger partial charge in [0.1, 0.15) is 11.6 Å². The molecule has 0 atom stereocenters. The number of nitrogens with zero attached hydrogens (tertiary/aromatic N) is 2. The number of hydrogen-bond acceptors (Lipinski definition) is 6. The van der Waals surface area contributed by atoms with Gasteiger partial charge in [0.05, 0.1) is 6.42 Å². The first-order valence-electron chi connectivity index (χ1n) is 12.9. The van der Waals surface area contributed by atoms with E-state index in [0.717, 1.165) is 32.1 Å². The van der Waals surface area contributed by atoms with Gasteiger partial charge in [0, 0.05) is 18.8 Å². The van der Waals surface area contributed by atoms with Crippen LogP contribution in [0.15, 0.2) is 40.8 Å². The van der Waals surface area contributed by atoms with Crippen LogP contribution in [0, 0.1) is 5.92 Å². The summed E-state index contributed by atoms with van der Waals surface area (Å²) in [7, 11) is 0. The Morgan fingerprint density at radius 1 is 1.13 bits per heavy atom. The Labute approximate surface area is 221 Å². The number of nitrogens with one attached hydrogen (secondary N) is 3. The number of likely N-dealkylation sites (tertiary alicyclic amines) is 1. The summed E-state index contributed by atoms with van der Waals surface area (Å²) in [5, 5.41) is 5.33. The van der Waals surface area contributed by atoms with Gasteiger partial charge in [-0.1, -0.05) is 32.4 Å². The van der Waals surface area contributed by atoms with E-state index in [9.17, 15) is 14.4 Å². The van der Waals surface area contributed by atoms with Crippen molar-refractivity contribution in [3.8, 4) is 5.88 Å².